The van der Waals surface area contributed by atoms with Gasteiger partial charge < -0.3 is 4.90 Å². The van der Waals surface area contributed by atoms with Crippen molar-refractivity contribution in [2.24, 2.45) is 11.1 Å². The molecule has 0 unspecified atom stereocenters. The summed E-state index contributed by atoms with van der Waals surface area (Å²) < 4.78 is 12.8. The summed E-state index contributed by atoms with van der Waals surface area (Å²) in [5.74, 6) is 0.0786. The molecule has 5 heteroatoms. The molecule has 1 amide bonds. The van der Waals surface area contributed by atoms with Gasteiger partial charge in [-0.25, -0.2) is 4.39 Å². The molecule has 0 spiro atoms. The number of hydrogen-bond donors (Lipinski definition) is 0. The highest BCUT2D eigenvalue weighted by molar-refractivity contribution is 5.78. The molecule has 4 nitrogen and oxygen atoms in total. The Hall–Kier alpha value is -1.78. The first-order chi connectivity index (χ1) is 9.19. The van der Waals surface area contributed by atoms with Crippen LogP contribution in [0.3, 0.4) is 0 Å². The molecular formula is C14H17FN2O2. The first-order valence-corrected chi connectivity index (χ1v) is 6.50. The molecule has 1 aromatic carbocycles. The van der Waals surface area contributed by atoms with Crippen molar-refractivity contribution in [3.05, 3.63) is 40.6 Å². The van der Waals surface area contributed by atoms with Gasteiger partial charge in [0.25, 0.3) is 0 Å². The predicted molar refractivity (Wildman–Crippen MR) is 70.1 cm³/mol. The summed E-state index contributed by atoms with van der Waals surface area (Å²) in [4.78, 5) is 24.1. The fourth-order valence-electron chi connectivity index (χ4n) is 2.36. The van der Waals surface area contributed by atoms with Crippen LogP contribution in [-0.2, 0) is 11.2 Å². The summed E-state index contributed by atoms with van der Waals surface area (Å²) in [6.45, 7) is 1.71. The van der Waals surface area contributed by atoms with Gasteiger partial charge in [0.1, 0.15) is 5.82 Å². The Morgan fingerprint density at radius 3 is 2.47 bits per heavy atom. The van der Waals surface area contributed by atoms with Gasteiger partial charge in [0.2, 0.25) is 5.91 Å². The van der Waals surface area contributed by atoms with Gasteiger partial charge in [0.15, 0.2) is 0 Å². The lowest BCUT2D eigenvalue weighted by Gasteiger charge is -2.31. The Bertz CT molecular complexity index is 439. The van der Waals surface area contributed by atoms with Crippen molar-refractivity contribution in [1.29, 1.82) is 0 Å². The third-order valence-corrected chi connectivity index (χ3v) is 3.57. The highest BCUT2D eigenvalue weighted by Crippen LogP contribution is 2.18. The average molecular weight is 264 g/mol. The van der Waals surface area contributed by atoms with E-state index >= 15 is 0 Å². The van der Waals surface area contributed by atoms with Gasteiger partial charge in [0.05, 0.1) is 13.0 Å². The van der Waals surface area contributed by atoms with Crippen molar-refractivity contribution in [3.8, 4) is 0 Å². The van der Waals surface area contributed by atoms with Crippen LogP contribution < -0.4 is 0 Å². The van der Waals surface area contributed by atoms with Crippen LogP contribution in [-0.4, -0.2) is 30.4 Å². The Kier molecular flexibility index (Phi) is 4.60. The van der Waals surface area contributed by atoms with Crippen molar-refractivity contribution in [2.45, 2.75) is 19.3 Å². The molecular weight excluding hydrogens is 247 g/mol. The molecule has 0 aromatic heterocycles. The number of carbonyl (C=O) groups excluding carboxylic acids is 1. The molecule has 1 aromatic rings. The van der Waals surface area contributed by atoms with Crippen LogP contribution in [0.15, 0.2) is 29.4 Å². The van der Waals surface area contributed by atoms with Crippen molar-refractivity contribution >= 4 is 5.91 Å². The summed E-state index contributed by atoms with van der Waals surface area (Å²) in [6.07, 6.45) is 1.97. The molecule has 0 aliphatic carbocycles. The Balaban J connectivity index is 1.84. The summed E-state index contributed by atoms with van der Waals surface area (Å²) in [6, 6.07) is 6.00. The van der Waals surface area contributed by atoms with E-state index in [0.29, 0.717) is 32.0 Å². The minimum Gasteiger partial charge on any atom is -0.342 e. The highest BCUT2D eigenvalue weighted by atomic mass is 19.1. The molecule has 1 aliphatic rings. The van der Waals surface area contributed by atoms with Crippen molar-refractivity contribution in [2.75, 3.05) is 19.6 Å². The molecule has 0 atom stereocenters. The fourth-order valence-corrected chi connectivity index (χ4v) is 2.36. The molecule has 102 valence electrons. The number of likely N-dealkylation sites (tertiary alicyclic amines) is 1. The zero-order chi connectivity index (χ0) is 13.7. The Morgan fingerprint density at radius 2 is 1.89 bits per heavy atom. The molecule has 0 saturated carbocycles. The van der Waals surface area contributed by atoms with Crippen molar-refractivity contribution < 1.29 is 9.18 Å². The molecule has 19 heavy (non-hydrogen) atoms. The van der Waals surface area contributed by atoms with Gasteiger partial charge in [-0.1, -0.05) is 17.3 Å². The third kappa shape index (κ3) is 3.84. The average Bonchev–Trinajstić information content (AvgIpc) is 2.42. The number of benzene rings is 1. The standard InChI is InChI=1S/C14H17FN2O2/c15-13-3-1-11(2-4-13)9-14(18)17-7-5-12(6-8-17)10-16-19/h1-4,12H,5-10H2. The fraction of sp³-hybridized carbons (Fsp3) is 0.500. The van der Waals surface area contributed by atoms with Gasteiger partial charge >= 0.3 is 0 Å². The summed E-state index contributed by atoms with van der Waals surface area (Å²) in [5, 5.41) is 2.92. The SMILES string of the molecule is O=NCC1CCN(C(=O)Cc2ccc(F)cc2)CC1. The zero-order valence-corrected chi connectivity index (χ0v) is 10.7. The van der Waals surface area contributed by atoms with Crippen LogP contribution in [0.5, 0.6) is 0 Å². The van der Waals surface area contributed by atoms with E-state index in [1.165, 1.54) is 12.1 Å². The monoisotopic (exact) mass is 264 g/mol. The molecule has 1 aliphatic heterocycles. The van der Waals surface area contributed by atoms with Gasteiger partial charge in [-0.2, -0.15) is 4.91 Å². The Morgan fingerprint density at radius 1 is 1.26 bits per heavy atom. The van der Waals surface area contributed by atoms with Gasteiger partial charge in [-0.15, -0.1) is 0 Å². The summed E-state index contributed by atoms with van der Waals surface area (Å²) in [5.41, 5.74) is 0.822. The number of nitrogens with zero attached hydrogens (tertiary/aromatic N) is 2. The lowest BCUT2D eigenvalue weighted by Crippen LogP contribution is -2.39. The minimum absolute atomic E-state index is 0.0594. The topological polar surface area (TPSA) is 49.7 Å². The number of halogens is 1. The summed E-state index contributed by atoms with van der Waals surface area (Å²) >= 11 is 0. The molecule has 0 N–H and O–H groups in total. The quantitative estimate of drug-likeness (QED) is 0.784. The van der Waals surface area contributed by atoms with E-state index in [4.69, 9.17) is 0 Å². The normalized spacial score (nSPS) is 16.4. The summed E-state index contributed by atoms with van der Waals surface area (Å²) in [7, 11) is 0. The van der Waals surface area contributed by atoms with Crippen molar-refractivity contribution in [3.63, 3.8) is 0 Å². The van der Waals surface area contributed by atoms with E-state index in [1.807, 2.05) is 4.90 Å². The van der Waals surface area contributed by atoms with Gasteiger partial charge in [0, 0.05) is 13.1 Å². The molecule has 1 heterocycles. The van der Waals surface area contributed by atoms with Crippen molar-refractivity contribution in [1.82, 2.24) is 4.90 Å². The van der Waals surface area contributed by atoms with Gasteiger partial charge in [-0.05, 0) is 36.5 Å². The van der Waals surface area contributed by atoms with Crippen LogP contribution >= 0.6 is 0 Å². The number of carbonyl (C=O) groups is 1. The number of piperidine rings is 1. The van der Waals surface area contributed by atoms with Gasteiger partial charge in [-0.3, -0.25) is 4.79 Å². The van der Waals surface area contributed by atoms with Crippen LogP contribution in [0.1, 0.15) is 18.4 Å². The first kappa shape index (κ1) is 13.6. The van der Waals surface area contributed by atoms with Crippen LogP contribution in [0, 0.1) is 16.6 Å². The van der Waals surface area contributed by atoms with Crippen LogP contribution in [0.4, 0.5) is 4.39 Å². The van der Waals surface area contributed by atoms with E-state index in [1.54, 1.807) is 12.1 Å². The van der Waals surface area contributed by atoms with E-state index < -0.39 is 0 Å². The minimum atomic E-state index is -0.293. The maximum absolute atomic E-state index is 12.8. The molecule has 0 bridgehead atoms. The van der Waals surface area contributed by atoms with E-state index in [0.717, 1.165) is 18.4 Å². The third-order valence-electron chi connectivity index (χ3n) is 3.57. The number of rotatable bonds is 4. The number of amides is 1. The van der Waals surface area contributed by atoms with E-state index in [9.17, 15) is 14.1 Å². The molecule has 2 rings (SSSR count). The second-order valence-electron chi connectivity index (χ2n) is 4.94. The highest BCUT2D eigenvalue weighted by Gasteiger charge is 2.22. The van der Waals surface area contributed by atoms with Crippen LogP contribution in [0.25, 0.3) is 0 Å². The number of hydrogen-bond acceptors (Lipinski definition) is 3. The lowest BCUT2D eigenvalue weighted by atomic mass is 9.96. The Labute approximate surface area is 111 Å². The maximum Gasteiger partial charge on any atom is 0.226 e. The largest absolute Gasteiger partial charge is 0.342 e. The first-order valence-electron chi connectivity index (χ1n) is 6.50. The molecule has 0 radical (unpaired) electrons. The molecule has 1 fully saturated rings. The predicted octanol–water partition coefficient (Wildman–Crippen LogP) is 2.37. The molecule has 1 saturated heterocycles. The second kappa shape index (κ2) is 6.41. The lowest BCUT2D eigenvalue weighted by molar-refractivity contribution is -0.131. The van der Waals surface area contributed by atoms with E-state index in [-0.39, 0.29) is 11.7 Å². The van der Waals surface area contributed by atoms with Crippen LogP contribution in [0.2, 0.25) is 0 Å². The van der Waals surface area contributed by atoms with E-state index in [2.05, 4.69) is 5.18 Å². The smallest absolute Gasteiger partial charge is 0.226 e. The zero-order valence-electron chi connectivity index (χ0n) is 10.7. The second-order valence-corrected chi connectivity index (χ2v) is 4.94. The maximum atomic E-state index is 12.8. The number of nitroso groups, excluding NO2 is 1.